The molecule has 26 heavy (non-hydrogen) atoms. The van der Waals surface area contributed by atoms with Crippen LogP contribution in [0.4, 0.5) is 5.69 Å². The summed E-state index contributed by atoms with van der Waals surface area (Å²) >= 11 is 0. The summed E-state index contributed by atoms with van der Waals surface area (Å²) in [6, 6.07) is 6.56. The largest absolute Gasteiger partial charge is 0.494 e. The first kappa shape index (κ1) is 18.8. The third-order valence-corrected chi connectivity index (χ3v) is 3.89. The Morgan fingerprint density at radius 3 is 2.50 bits per heavy atom. The van der Waals surface area contributed by atoms with Crippen molar-refractivity contribution >= 4 is 11.5 Å². The molecule has 1 heterocycles. The van der Waals surface area contributed by atoms with Gasteiger partial charge in [-0.2, -0.15) is 5.26 Å². The van der Waals surface area contributed by atoms with Crippen LogP contribution in [0.5, 0.6) is 5.88 Å². The van der Waals surface area contributed by atoms with Gasteiger partial charge in [0.2, 0.25) is 5.88 Å². The summed E-state index contributed by atoms with van der Waals surface area (Å²) < 4.78 is 5.77. The lowest BCUT2D eigenvalue weighted by molar-refractivity contribution is -0.384. The first-order valence-electron chi connectivity index (χ1n) is 7.48. The number of nitro benzene ring substituents is 1. The van der Waals surface area contributed by atoms with E-state index in [9.17, 15) is 30.1 Å². The number of benzene rings is 1. The first-order valence-corrected chi connectivity index (χ1v) is 7.48. The van der Waals surface area contributed by atoms with Gasteiger partial charge in [0.1, 0.15) is 11.6 Å². The van der Waals surface area contributed by atoms with Gasteiger partial charge in [-0.25, -0.2) is 0 Å². The van der Waals surface area contributed by atoms with E-state index in [2.05, 4.69) is 0 Å². The number of ether oxygens (including phenoxy) is 1. The third kappa shape index (κ3) is 3.31. The predicted octanol–water partition coefficient (Wildman–Crippen LogP) is 1.52. The summed E-state index contributed by atoms with van der Waals surface area (Å²) in [5, 5.41) is 30.4. The van der Waals surface area contributed by atoms with Crippen LogP contribution in [0.15, 0.2) is 29.1 Å². The van der Waals surface area contributed by atoms with Crippen LogP contribution in [0, 0.1) is 28.4 Å². The molecule has 2 rings (SSSR count). The lowest BCUT2D eigenvalue weighted by atomic mass is 9.97. The zero-order valence-electron chi connectivity index (χ0n) is 14.1. The molecule has 0 bridgehead atoms. The first-order chi connectivity index (χ1) is 12.3. The molecular formula is C17H15N3O6. The van der Waals surface area contributed by atoms with E-state index in [1.165, 1.54) is 26.2 Å². The number of nitriles is 1. The van der Waals surface area contributed by atoms with Crippen molar-refractivity contribution < 1.29 is 19.6 Å². The Bertz CT molecular complexity index is 970. The van der Waals surface area contributed by atoms with Crippen LogP contribution in [0.2, 0.25) is 0 Å². The second-order valence-corrected chi connectivity index (χ2v) is 5.39. The number of rotatable bonds is 6. The molecule has 0 radical (unpaired) electrons. The molecule has 0 amide bonds. The molecule has 1 aromatic carbocycles. The van der Waals surface area contributed by atoms with Gasteiger partial charge < -0.3 is 9.84 Å². The Hall–Kier alpha value is -3.51. The zero-order chi connectivity index (χ0) is 19.4. The number of nitro groups is 1. The Morgan fingerprint density at radius 2 is 2.00 bits per heavy atom. The van der Waals surface area contributed by atoms with Crippen LogP contribution in [-0.2, 0) is 11.3 Å². The predicted molar refractivity (Wildman–Crippen MR) is 90.2 cm³/mol. The fraction of sp³-hybridized carbons (Fsp3) is 0.235. The van der Waals surface area contributed by atoms with Crippen LogP contribution in [0.25, 0.3) is 0 Å². The minimum Gasteiger partial charge on any atom is -0.494 e. The van der Waals surface area contributed by atoms with Crippen LogP contribution in [0.3, 0.4) is 0 Å². The number of aromatic hydroxyl groups is 1. The molecule has 9 heteroatoms. The number of non-ortho nitro benzene ring substituents is 1. The van der Waals surface area contributed by atoms with Crippen molar-refractivity contribution in [2.24, 2.45) is 0 Å². The highest BCUT2D eigenvalue weighted by atomic mass is 16.6. The highest BCUT2D eigenvalue weighted by molar-refractivity contribution is 6.11. The van der Waals surface area contributed by atoms with Gasteiger partial charge in [-0.05, 0) is 24.6 Å². The molecule has 1 aromatic heterocycles. The lowest BCUT2D eigenvalue weighted by Crippen LogP contribution is -2.28. The molecule has 2 aromatic rings. The van der Waals surface area contributed by atoms with Gasteiger partial charge in [0.15, 0.2) is 5.78 Å². The van der Waals surface area contributed by atoms with Gasteiger partial charge in [0.25, 0.3) is 11.2 Å². The van der Waals surface area contributed by atoms with Crippen LogP contribution in [0.1, 0.15) is 27.0 Å². The van der Waals surface area contributed by atoms with Crippen LogP contribution < -0.4 is 5.56 Å². The van der Waals surface area contributed by atoms with Crippen LogP contribution >= 0.6 is 0 Å². The van der Waals surface area contributed by atoms with E-state index < -0.39 is 22.1 Å². The fourth-order valence-corrected chi connectivity index (χ4v) is 2.49. The van der Waals surface area contributed by atoms with Gasteiger partial charge in [0.05, 0.1) is 23.6 Å². The molecule has 9 nitrogen and oxygen atoms in total. The summed E-state index contributed by atoms with van der Waals surface area (Å²) in [5.41, 5.74) is -1.25. The van der Waals surface area contributed by atoms with Crippen molar-refractivity contribution in [1.82, 2.24) is 4.57 Å². The Morgan fingerprint density at radius 1 is 1.38 bits per heavy atom. The zero-order valence-corrected chi connectivity index (χ0v) is 14.1. The maximum Gasteiger partial charge on any atom is 0.271 e. The highest BCUT2D eigenvalue weighted by Gasteiger charge is 2.25. The summed E-state index contributed by atoms with van der Waals surface area (Å²) in [4.78, 5) is 35.2. The Kier molecular flexibility index (Phi) is 5.49. The number of methoxy groups -OCH3 is 1. The SMILES string of the molecule is COCCn1c(O)c(C(=O)c2ccc([N+](=O)[O-])cc2)c(C)c(C#N)c1=O. The number of nitrogens with zero attached hydrogens (tertiary/aromatic N) is 3. The minimum absolute atomic E-state index is 0.0450. The van der Waals surface area contributed by atoms with Gasteiger partial charge in [-0.1, -0.05) is 0 Å². The molecule has 0 aliphatic carbocycles. The number of ketones is 1. The maximum absolute atomic E-state index is 12.8. The van der Waals surface area contributed by atoms with Gasteiger partial charge in [-0.15, -0.1) is 0 Å². The van der Waals surface area contributed by atoms with Crippen molar-refractivity contribution in [3.05, 3.63) is 67.0 Å². The Labute approximate surface area is 147 Å². The Balaban J connectivity index is 2.64. The summed E-state index contributed by atoms with van der Waals surface area (Å²) in [5.74, 6) is -1.23. The molecule has 1 N–H and O–H groups in total. The number of aromatic nitrogens is 1. The molecule has 0 unspecified atom stereocenters. The van der Waals surface area contributed by atoms with Gasteiger partial charge in [0, 0.05) is 24.8 Å². The average molecular weight is 357 g/mol. The van der Waals surface area contributed by atoms with Crippen molar-refractivity contribution in [2.75, 3.05) is 13.7 Å². The number of carbonyl (C=O) groups excluding carboxylic acids is 1. The molecule has 0 saturated carbocycles. The van der Waals surface area contributed by atoms with E-state index in [4.69, 9.17) is 4.74 Å². The van der Waals surface area contributed by atoms with E-state index >= 15 is 0 Å². The van der Waals surface area contributed by atoms with E-state index in [-0.39, 0.29) is 41.1 Å². The summed E-state index contributed by atoms with van der Waals surface area (Å²) in [6.45, 7) is 1.43. The second-order valence-electron chi connectivity index (χ2n) is 5.39. The van der Waals surface area contributed by atoms with Gasteiger partial charge in [-0.3, -0.25) is 24.3 Å². The number of carbonyl (C=O) groups is 1. The molecule has 0 spiro atoms. The lowest BCUT2D eigenvalue weighted by Gasteiger charge is -2.15. The van der Waals surface area contributed by atoms with E-state index in [1.54, 1.807) is 6.07 Å². The average Bonchev–Trinajstić information content (AvgIpc) is 2.62. The molecular weight excluding hydrogens is 342 g/mol. The van der Waals surface area contributed by atoms with E-state index in [0.717, 1.165) is 16.7 Å². The van der Waals surface area contributed by atoms with Crippen molar-refractivity contribution in [2.45, 2.75) is 13.5 Å². The molecule has 0 fully saturated rings. The van der Waals surface area contributed by atoms with E-state index in [0.29, 0.717) is 0 Å². The topological polar surface area (TPSA) is 135 Å². The standard InChI is InChI=1S/C17H15N3O6/c1-10-13(9-18)16(22)19(7-8-26-2)17(23)14(10)15(21)11-3-5-12(6-4-11)20(24)25/h3-6,23H,7-8H2,1-2H3. The van der Waals surface area contributed by atoms with E-state index in [1.807, 2.05) is 0 Å². The molecule has 0 saturated heterocycles. The summed E-state index contributed by atoms with van der Waals surface area (Å²) in [6.07, 6.45) is 0. The third-order valence-electron chi connectivity index (χ3n) is 3.89. The van der Waals surface area contributed by atoms with Crippen molar-refractivity contribution in [3.63, 3.8) is 0 Å². The minimum atomic E-state index is -0.722. The number of hydrogen-bond acceptors (Lipinski definition) is 7. The highest BCUT2D eigenvalue weighted by Crippen LogP contribution is 2.25. The summed E-state index contributed by atoms with van der Waals surface area (Å²) in [7, 11) is 1.41. The van der Waals surface area contributed by atoms with Crippen molar-refractivity contribution in [3.8, 4) is 11.9 Å². The molecule has 0 aliphatic heterocycles. The molecule has 134 valence electrons. The monoisotopic (exact) mass is 357 g/mol. The number of hydrogen-bond donors (Lipinski definition) is 1. The number of pyridine rings is 1. The molecule has 0 aliphatic rings. The fourth-order valence-electron chi connectivity index (χ4n) is 2.49. The van der Waals surface area contributed by atoms with Gasteiger partial charge >= 0.3 is 0 Å². The van der Waals surface area contributed by atoms with Crippen molar-refractivity contribution in [1.29, 1.82) is 5.26 Å². The normalized spacial score (nSPS) is 10.3. The second kappa shape index (κ2) is 7.58. The van der Waals surface area contributed by atoms with Crippen LogP contribution in [-0.4, -0.2) is 34.1 Å². The smallest absolute Gasteiger partial charge is 0.271 e. The molecule has 0 atom stereocenters. The quantitative estimate of drug-likeness (QED) is 0.470. The maximum atomic E-state index is 12.8.